The molecule has 0 fully saturated rings. The van der Waals surface area contributed by atoms with Gasteiger partial charge in [-0.25, -0.2) is 9.18 Å². The number of halogens is 1. The summed E-state index contributed by atoms with van der Waals surface area (Å²) >= 11 is 0. The average Bonchev–Trinajstić information content (AvgIpc) is 2.72. The Bertz CT molecular complexity index is 1050. The highest BCUT2D eigenvalue weighted by Gasteiger charge is 2.22. The van der Waals surface area contributed by atoms with Crippen molar-refractivity contribution in [3.8, 4) is 0 Å². The second-order valence-corrected chi connectivity index (χ2v) is 7.60. The summed E-state index contributed by atoms with van der Waals surface area (Å²) in [6.07, 6.45) is 0. The zero-order chi connectivity index (χ0) is 22.4. The molecule has 160 valence electrons. The summed E-state index contributed by atoms with van der Waals surface area (Å²) in [5.41, 5.74) is 4.47. The fourth-order valence-electron chi connectivity index (χ4n) is 3.57. The Kier molecular flexibility index (Phi) is 7.15. The Morgan fingerprint density at radius 1 is 0.935 bits per heavy atom. The van der Waals surface area contributed by atoms with E-state index < -0.39 is 11.9 Å². The molecule has 0 heterocycles. The van der Waals surface area contributed by atoms with E-state index in [1.54, 1.807) is 25.2 Å². The molecule has 3 aromatic carbocycles. The second-order valence-electron chi connectivity index (χ2n) is 7.60. The first-order valence-electron chi connectivity index (χ1n) is 10.0. The molecule has 3 rings (SSSR count). The molecule has 0 saturated heterocycles. The van der Waals surface area contributed by atoms with E-state index in [4.69, 9.17) is 0 Å². The number of urea groups is 1. The molecule has 1 atom stereocenters. The number of amides is 3. The van der Waals surface area contributed by atoms with E-state index in [1.165, 1.54) is 12.1 Å². The van der Waals surface area contributed by atoms with Crippen LogP contribution >= 0.6 is 0 Å². The van der Waals surface area contributed by atoms with Crippen molar-refractivity contribution in [1.82, 2.24) is 10.2 Å². The van der Waals surface area contributed by atoms with Crippen LogP contribution in [0.3, 0.4) is 0 Å². The van der Waals surface area contributed by atoms with E-state index in [0.717, 1.165) is 22.3 Å². The predicted molar refractivity (Wildman–Crippen MR) is 120 cm³/mol. The maximum absolute atomic E-state index is 13.4. The molecule has 0 aliphatic carbocycles. The van der Waals surface area contributed by atoms with Gasteiger partial charge >= 0.3 is 6.03 Å². The van der Waals surface area contributed by atoms with Gasteiger partial charge in [-0.05, 0) is 55.8 Å². The summed E-state index contributed by atoms with van der Waals surface area (Å²) in [5.74, 6) is -0.758. The van der Waals surface area contributed by atoms with Crippen LogP contribution in [0, 0.1) is 19.7 Å². The van der Waals surface area contributed by atoms with E-state index in [9.17, 15) is 14.0 Å². The lowest BCUT2D eigenvalue weighted by atomic mass is 9.97. The molecule has 0 bridgehead atoms. The normalized spacial score (nSPS) is 11.8. The first kappa shape index (κ1) is 22.2. The molecule has 0 spiro atoms. The number of hydrogen-bond donors (Lipinski definition) is 2. The summed E-state index contributed by atoms with van der Waals surface area (Å²) < 4.78 is 13.4. The van der Waals surface area contributed by atoms with Crippen molar-refractivity contribution < 1.29 is 14.0 Å². The van der Waals surface area contributed by atoms with E-state index in [2.05, 4.69) is 10.6 Å². The number of carbonyl (C=O) groups is 2. The summed E-state index contributed by atoms with van der Waals surface area (Å²) in [5, 5.41) is 5.09. The number of hydrogen-bond acceptors (Lipinski definition) is 3. The monoisotopic (exact) mass is 419 g/mol. The highest BCUT2D eigenvalue weighted by atomic mass is 19.1. The van der Waals surface area contributed by atoms with Gasteiger partial charge in [-0.2, -0.15) is 0 Å². The SMILES string of the molecule is Cc1ccc(NC(=O)NC(=O)CN(C)C(c2ccccc2)c2ccc(F)cc2)c(C)c1. The first-order chi connectivity index (χ1) is 14.8. The summed E-state index contributed by atoms with van der Waals surface area (Å²) in [6.45, 7) is 3.85. The van der Waals surface area contributed by atoms with Crippen LogP contribution < -0.4 is 10.6 Å². The maximum Gasteiger partial charge on any atom is 0.325 e. The first-order valence-corrected chi connectivity index (χ1v) is 10.0. The minimum Gasteiger partial charge on any atom is -0.307 e. The van der Waals surface area contributed by atoms with Crippen molar-refractivity contribution in [2.75, 3.05) is 18.9 Å². The number of carbonyl (C=O) groups excluding carboxylic acids is 2. The number of aryl methyl sites for hydroxylation is 2. The van der Waals surface area contributed by atoms with Crippen molar-refractivity contribution in [3.63, 3.8) is 0 Å². The highest BCUT2D eigenvalue weighted by Crippen LogP contribution is 2.27. The average molecular weight is 420 g/mol. The third-order valence-corrected chi connectivity index (χ3v) is 5.02. The van der Waals surface area contributed by atoms with Crippen molar-refractivity contribution in [2.45, 2.75) is 19.9 Å². The molecule has 0 aromatic heterocycles. The number of likely N-dealkylation sites (N-methyl/N-ethyl adjacent to an activating group) is 1. The molecular weight excluding hydrogens is 393 g/mol. The number of nitrogens with one attached hydrogen (secondary N) is 2. The van der Waals surface area contributed by atoms with Crippen molar-refractivity contribution in [1.29, 1.82) is 0 Å². The van der Waals surface area contributed by atoms with E-state index in [-0.39, 0.29) is 18.4 Å². The van der Waals surface area contributed by atoms with Gasteiger partial charge in [-0.3, -0.25) is 15.0 Å². The molecule has 3 aromatic rings. The Hall–Kier alpha value is -3.51. The van der Waals surface area contributed by atoms with Gasteiger partial charge in [0.15, 0.2) is 0 Å². The molecule has 2 N–H and O–H groups in total. The van der Waals surface area contributed by atoms with Crippen LogP contribution in [0.4, 0.5) is 14.9 Å². The predicted octanol–water partition coefficient (Wildman–Crippen LogP) is 4.81. The lowest BCUT2D eigenvalue weighted by molar-refractivity contribution is -0.121. The molecule has 0 aliphatic rings. The van der Waals surface area contributed by atoms with Crippen LogP contribution in [-0.2, 0) is 4.79 Å². The summed E-state index contributed by atoms with van der Waals surface area (Å²) in [4.78, 5) is 26.6. The molecule has 6 heteroatoms. The van der Waals surface area contributed by atoms with Gasteiger partial charge in [-0.15, -0.1) is 0 Å². The van der Waals surface area contributed by atoms with Crippen molar-refractivity contribution >= 4 is 17.6 Å². The van der Waals surface area contributed by atoms with Gasteiger partial charge in [0.2, 0.25) is 5.91 Å². The molecule has 1 unspecified atom stereocenters. The maximum atomic E-state index is 13.4. The number of imide groups is 1. The summed E-state index contributed by atoms with van der Waals surface area (Å²) in [7, 11) is 1.79. The standard InChI is InChI=1S/C25H26FN3O2/c1-17-9-14-22(18(2)15-17)27-25(31)28-23(30)16-29(3)24(19-7-5-4-6-8-19)20-10-12-21(26)13-11-20/h4-15,24H,16H2,1-3H3,(H2,27,28,30,31). The zero-order valence-electron chi connectivity index (χ0n) is 17.9. The minimum atomic E-state index is -0.580. The van der Waals surface area contributed by atoms with Gasteiger partial charge in [0.25, 0.3) is 0 Å². The minimum absolute atomic E-state index is 0.0166. The molecule has 0 saturated carbocycles. The Morgan fingerprint density at radius 2 is 1.58 bits per heavy atom. The molecule has 5 nitrogen and oxygen atoms in total. The van der Waals surface area contributed by atoms with Crippen LogP contribution in [0.15, 0.2) is 72.8 Å². The Balaban J connectivity index is 1.69. The number of anilines is 1. The molecule has 0 radical (unpaired) electrons. The fourth-order valence-corrected chi connectivity index (χ4v) is 3.57. The zero-order valence-corrected chi connectivity index (χ0v) is 17.9. The third kappa shape index (κ3) is 5.99. The van der Waals surface area contributed by atoms with Gasteiger partial charge in [-0.1, -0.05) is 60.2 Å². The Morgan fingerprint density at radius 3 is 2.23 bits per heavy atom. The topological polar surface area (TPSA) is 61.4 Å². The second kappa shape index (κ2) is 10.00. The van der Waals surface area contributed by atoms with Gasteiger partial charge < -0.3 is 5.32 Å². The van der Waals surface area contributed by atoms with E-state index >= 15 is 0 Å². The van der Waals surface area contributed by atoms with E-state index in [1.807, 2.05) is 61.2 Å². The number of benzene rings is 3. The van der Waals surface area contributed by atoms with E-state index in [0.29, 0.717) is 5.69 Å². The molecule has 3 amide bonds. The van der Waals surface area contributed by atoms with Gasteiger partial charge in [0, 0.05) is 5.69 Å². The molecule has 31 heavy (non-hydrogen) atoms. The quantitative estimate of drug-likeness (QED) is 0.603. The van der Waals surface area contributed by atoms with Crippen molar-refractivity contribution in [2.24, 2.45) is 0 Å². The smallest absolute Gasteiger partial charge is 0.307 e. The lowest BCUT2D eigenvalue weighted by Crippen LogP contribution is -2.42. The van der Waals surface area contributed by atoms with Gasteiger partial charge in [0.05, 0.1) is 12.6 Å². The van der Waals surface area contributed by atoms with Crippen LogP contribution in [0.1, 0.15) is 28.3 Å². The van der Waals surface area contributed by atoms with Crippen LogP contribution in [0.2, 0.25) is 0 Å². The lowest BCUT2D eigenvalue weighted by Gasteiger charge is -2.28. The highest BCUT2D eigenvalue weighted by molar-refractivity contribution is 6.02. The fraction of sp³-hybridized carbons (Fsp3) is 0.200. The largest absolute Gasteiger partial charge is 0.325 e. The van der Waals surface area contributed by atoms with Crippen LogP contribution in [0.5, 0.6) is 0 Å². The number of rotatable bonds is 6. The van der Waals surface area contributed by atoms with Crippen LogP contribution in [-0.4, -0.2) is 30.4 Å². The van der Waals surface area contributed by atoms with Crippen LogP contribution in [0.25, 0.3) is 0 Å². The molecular formula is C25H26FN3O2. The summed E-state index contributed by atoms with van der Waals surface area (Å²) in [6, 6.07) is 20.7. The number of nitrogens with zero attached hydrogens (tertiary/aromatic N) is 1. The van der Waals surface area contributed by atoms with Gasteiger partial charge in [0.1, 0.15) is 5.82 Å². The third-order valence-electron chi connectivity index (χ3n) is 5.02. The Labute approximate surface area is 181 Å². The van der Waals surface area contributed by atoms with Crippen molar-refractivity contribution in [3.05, 3.63) is 101 Å². The molecule has 0 aliphatic heterocycles.